The van der Waals surface area contributed by atoms with Crippen LogP contribution in [0.4, 0.5) is 0 Å². The summed E-state index contributed by atoms with van der Waals surface area (Å²) in [5, 5.41) is 3.26. The smallest absolute Gasteiger partial charge is 0.242 e. The van der Waals surface area contributed by atoms with Crippen LogP contribution in [0, 0.1) is 5.92 Å². The van der Waals surface area contributed by atoms with E-state index in [0.29, 0.717) is 5.92 Å². The summed E-state index contributed by atoms with van der Waals surface area (Å²) >= 11 is 0. The Morgan fingerprint density at radius 1 is 1.33 bits per heavy atom. The molecule has 1 atom stereocenters. The monoisotopic (exact) mass is 211 g/mol. The van der Waals surface area contributed by atoms with E-state index in [4.69, 9.17) is 0 Å². The van der Waals surface area contributed by atoms with E-state index in [0.717, 1.165) is 26.1 Å². The summed E-state index contributed by atoms with van der Waals surface area (Å²) in [4.78, 5) is 26.3. The maximum absolute atomic E-state index is 11.6. The Kier molecular flexibility index (Phi) is 2.90. The number of rotatable bonds is 2. The number of amides is 2. The van der Waals surface area contributed by atoms with E-state index in [2.05, 4.69) is 5.32 Å². The second kappa shape index (κ2) is 4.18. The summed E-state index contributed by atoms with van der Waals surface area (Å²) in [6.45, 7) is 3.21. The first-order valence-electron chi connectivity index (χ1n) is 5.39. The first kappa shape index (κ1) is 10.4. The van der Waals surface area contributed by atoms with Gasteiger partial charge < -0.3 is 15.1 Å². The number of carbonyl (C=O) groups is 2. The van der Waals surface area contributed by atoms with Gasteiger partial charge in [-0.05, 0) is 25.4 Å². The van der Waals surface area contributed by atoms with Gasteiger partial charge in [0.1, 0.15) is 0 Å². The average Bonchev–Trinajstić information content (AvgIpc) is 2.67. The van der Waals surface area contributed by atoms with Crippen molar-refractivity contribution in [3.05, 3.63) is 0 Å². The zero-order valence-electron chi connectivity index (χ0n) is 9.03. The highest BCUT2D eigenvalue weighted by Gasteiger charge is 2.29. The number of nitrogens with one attached hydrogen (secondary N) is 1. The fourth-order valence-electron chi connectivity index (χ4n) is 2.11. The van der Waals surface area contributed by atoms with Gasteiger partial charge in [-0.15, -0.1) is 0 Å². The number of hydrogen-bond acceptors (Lipinski definition) is 3. The molecule has 5 nitrogen and oxygen atoms in total. The minimum Gasteiger partial charge on any atom is -0.335 e. The highest BCUT2D eigenvalue weighted by molar-refractivity contribution is 5.92. The molecule has 2 saturated heterocycles. The molecule has 5 heteroatoms. The maximum atomic E-state index is 11.6. The van der Waals surface area contributed by atoms with Crippen LogP contribution in [-0.2, 0) is 9.59 Å². The molecule has 2 aliphatic heterocycles. The van der Waals surface area contributed by atoms with E-state index in [9.17, 15) is 9.59 Å². The molecule has 15 heavy (non-hydrogen) atoms. The Hall–Kier alpha value is -1.10. The van der Waals surface area contributed by atoms with Gasteiger partial charge in [-0.1, -0.05) is 0 Å². The molecule has 0 aromatic heterocycles. The van der Waals surface area contributed by atoms with E-state index in [1.165, 1.54) is 4.90 Å². The molecule has 0 aliphatic carbocycles. The van der Waals surface area contributed by atoms with Crippen LogP contribution in [0.3, 0.4) is 0 Å². The van der Waals surface area contributed by atoms with Crippen molar-refractivity contribution in [2.24, 2.45) is 5.92 Å². The molecule has 2 amide bonds. The fraction of sp³-hybridized carbons (Fsp3) is 0.800. The van der Waals surface area contributed by atoms with E-state index >= 15 is 0 Å². The SMILES string of the molecule is CN1CC(=O)N(CC2CCNC2)CC1=O. The van der Waals surface area contributed by atoms with Crippen molar-refractivity contribution in [1.29, 1.82) is 0 Å². The van der Waals surface area contributed by atoms with Crippen molar-refractivity contribution < 1.29 is 9.59 Å². The predicted molar refractivity (Wildman–Crippen MR) is 55.2 cm³/mol. The van der Waals surface area contributed by atoms with Crippen LogP contribution in [-0.4, -0.2) is 61.4 Å². The van der Waals surface area contributed by atoms with Gasteiger partial charge in [-0.2, -0.15) is 0 Å². The average molecular weight is 211 g/mol. The zero-order valence-corrected chi connectivity index (χ0v) is 9.03. The lowest BCUT2D eigenvalue weighted by Gasteiger charge is -2.33. The fourth-order valence-corrected chi connectivity index (χ4v) is 2.11. The van der Waals surface area contributed by atoms with E-state index < -0.39 is 0 Å². The summed E-state index contributed by atoms with van der Waals surface area (Å²) in [5.74, 6) is 0.634. The van der Waals surface area contributed by atoms with Crippen LogP contribution < -0.4 is 5.32 Å². The molecule has 1 unspecified atom stereocenters. The number of hydrogen-bond donors (Lipinski definition) is 1. The summed E-state index contributed by atoms with van der Waals surface area (Å²) < 4.78 is 0. The largest absolute Gasteiger partial charge is 0.335 e. The first-order chi connectivity index (χ1) is 7.16. The lowest BCUT2D eigenvalue weighted by Crippen LogP contribution is -2.53. The molecule has 2 fully saturated rings. The van der Waals surface area contributed by atoms with Gasteiger partial charge in [0.15, 0.2) is 0 Å². The highest BCUT2D eigenvalue weighted by atomic mass is 16.2. The van der Waals surface area contributed by atoms with Gasteiger partial charge >= 0.3 is 0 Å². The van der Waals surface area contributed by atoms with Gasteiger partial charge in [-0.3, -0.25) is 9.59 Å². The lowest BCUT2D eigenvalue weighted by atomic mass is 10.1. The van der Waals surface area contributed by atoms with Gasteiger partial charge in [-0.25, -0.2) is 0 Å². The number of likely N-dealkylation sites (N-methyl/N-ethyl adjacent to an activating group) is 1. The standard InChI is InChI=1S/C10H17N3O2/c1-12-6-10(15)13(7-9(12)14)5-8-2-3-11-4-8/h8,11H,2-7H2,1H3. The van der Waals surface area contributed by atoms with Gasteiger partial charge in [0.25, 0.3) is 0 Å². The van der Waals surface area contributed by atoms with Gasteiger partial charge in [0.2, 0.25) is 11.8 Å². The van der Waals surface area contributed by atoms with Crippen LogP contribution in [0.15, 0.2) is 0 Å². The molecule has 0 bridgehead atoms. The van der Waals surface area contributed by atoms with Crippen molar-refractivity contribution in [3.63, 3.8) is 0 Å². The Balaban J connectivity index is 1.90. The number of piperazine rings is 1. The number of nitrogens with zero attached hydrogens (tertiary/aromatic N) is 2. The van der Waals surface area contributed by atoms with Crippen LogP contribution >= 0.6 is 0 Å². The molecule has 1 N–H and O–H groups in total. The Morgan fingerprint density at radius 3 is 2.80 bits per heavy atom. The van der Waals surface area contributed by atoms with Crippen molar-refractivity contribution >= 4 is 11.8 Å². The normalized spacial score (nSPS) is 27.7. The molecule has 0 radical (unpaired) electrons. The Morgan fingerprint density at radius 2 is 2.13 bits per heavy atom. The summed E-state index contributed by atoms with van der Waals surface area (Å²) in [5.41, 5.74) is 0. The Labute approximate surface area is 89.4 Å². The van der Waals surface area contributed by atoms with Gasteiger partial charge in [0.05, 0.1) is 13.1 Å². The predicted octanol–water partition coefficient (Wildman–Crippen LogP) is -1.10. The molecule has 0 saturated carbocycles. The molecule has 2 aliphatic rings. The third-order valence-electron chi connectivity index (χ3n) is 3.12. The maximum Gasteiger partial charge on any atom is 0.242 e. The van der Waals surface area contributed by atoms with Crippen molar-refractivity contribution in [3.8, 4) is 0 Å². The second-order valence-electron chi connectivity index (χ2n) is 4.38. The molecule has 0 aromatic carbocycles. The molecule has 84 valence electrons. The van der Waals surface area contributed by atoms with Crippen LogP contribution in [0.1, 0.15) is 6.42 Å². The summed E-state index contributed by atoms with van der Waals surface area (Å²) in [6, 6.07) is 0. The van der Waals surface area contributed by atoms with Crippen molar-refractivity contribution in [2.75, 3.05) is 39.8 Å². The quantitative estimate of drug-likeness (QED) is 0.630. The molecular formula is C10H17N3O2. The number of carbonyl (C=O) groups excluding carboxylic acids is 2. The van der Waals surface area contributed by atoms with Gasteiger partial charge in [0, 0.05) is 13.6 Å². The van der Waals surface area contributed by atoms with Crippen molar-refractivity contribution in [2.45, 2.75) is 6.42 Å². The first-order valence-corrected chi connectivity index (χ1v) is 5.39. The minimum atomic E-state index is 0.0422. The molecule has 2 heterocycles. The topological polar surface area (TPSA) is 52.7 Å². The van der Waals surface area contributed by atoms with Crippen LogP contribution in [0.2, 0.25) is 0 Å². The molecule has 0 aromatic rings. The van der Waals surface area contributed by atoms with Crippen LogP contribution in [0.25, 0.3) is 0 Å². The summed E-state index contributed by atoms with van der Waals surface area (Å²) in [6.07, 6.45) is 1.10. The van der Waals surface area contributed by atoms with E-state index in [1.54, 1.807) is 11.9 Å². The highest BCUT2D eigenvalue weighted by Crippen LogP contribution is 2.12. The second-order valence-corrected chi connectivity index (χ2v) is 4.38. The zero-order chi connectivity index (χ0) is 10.8. The third kappa shape index (κ3) is 2.28. The van der Waals surface area contributed by atoms with E-state index in [-0.39, 0.29) is 24.9 Å². The molecule has 0 spiro atoms. The van der Waals surface area contributed by atoms with Crippen molar-refractivity contribution in [1.82, 2.24) is 15.1 Å². The summed E-state index contributed by atoms with van der Waals surface area (Å²) in [7, 11) is 1.68. The molecular weight excluding hydrogens is 194 g/mol. The third-order valence-corrected chi connectivity index (χ3v) is 3.12. The Bertz CT molecular complexity index is 274. The molecule has 2 rings (SSSR count). The van der Waals surface area contributed by atoms with E-state index in [1.807, 2.05) is 0 Å². The lowest BCUT2D eigenvalue weighted by molar-refractivity contribution is -0.149. The van der Waals surface area contributed by atoms with Crippen LogP contribution in [0.5, 0.6) is 0 Å². The minimum absolute atomic E-state index is 0.0422.